The molecule has 0 saturated heterocycles. The fraction of sp³-hybridized carbons (Fsp3) is 0.333. The average Bonchev–Trinajstić information content (AvgIpc) is 2.15. The Hall–Kier alpha value is -1.79. The van der Waals surface area contributed by atoms with Crippen LogP contribution >= 0.6 is 0 Å². The van der Waals surface area contributed by atoms with Crippen molar-refractivity contribution < 1.29 is 13.2 Å². The van der Waals surface area contributed by atoms with Gasteiger partial charge in [0.15, 0.2) is 0 Å². The minimum Gasteiger partial charge on any atom is -0.384 e. The number of anilines is 1. The summed E-state index contributed by atoms with van der Waals surface area (Å²) >= 11 is 0. The highest BCUT2D eigenvalue weighted by molar-refractivity contribution is 5.95. The Morgan fingerprint density at radius 3 is 2.69 bits per heavy atom. The van der Waals surface area contributed by atoms with Gasteiger partial charge >= 0.3 is 6.18 Å². The highest BCUT2D eigenvalue weighted by atomic mass is 19.4. The van der Waals surface area contributed by atoms with Crippen molar-refractivity contribution in [3.05, 3.63) is 23.9 Å². The van der Waals surface area contributed by atoms with Gasteiger partial charge in [-0.2, -0.15) is 13.2 Å². The van der Waals surface area contributed by atoms with Crippen molar-refractivity contribution in [2.45, 2.75) is 6.18 Å². The third kappa shape index (κ3) is 3.41. The van der Waals surface area contributed by atoms with E-state index in [1.165, 1.54) is 25.4 Å². The number of amidine groups is 1. The summed E-state index contributed by atoms with van der Waals surface area (Å²) in [7, 11) is 1.28. The van der Waals surface area contributed by atoms with Crippen molar-refractivity contribution in [3.63, 3.8) is 0 Å². The standard InChI is InChI=1S/C9H11F3N4/c1-16(5-9(10,11)12)7-4-6(8(13)14)2-3-15-7/h2-4H,5H2,1H3,(H3,13,14). The number of halogens is 3. The maximum atomic E-state index is 12.1. The molecule has 1 aromatic rings. The van der Waals surface area contributed by atoms with Crippen molar-refractivity contribution in [3.8, 4) is 0 Å². The van der Waals surface area contributed by atoms with E-state index in [0.717, 1.165) is 4.90 Å². The van der Waals surface area contributed by atoms with Gasteiger partial charge in [0, 0.05) is 18.8 Å². The van der Waals surface area contributed by atoms with Crippen molar-refractivity contribution in [1.82, 2.24) is 4.98 Å². The molecule has 88 valence electrons. The van der Waals surface area contributed by atoms with Gasteiger partial charge in [-0.3, -0.25) is 5.41 Å². The van der Waals surface area contributed by atoms with E-state index in [9.17, 15) is 13.2 Å². The van der Waals surface area contributed by atoms with E-state index in [1.54, 1.807) is 0 Å². The molecule has 0 unspecified atom stereocenters. The Bertz CT molecular complexity index is 389. The van der Waals surface area contributed by atoms with Crippen LogP contribution in [0.3, 0.4) is 0 Å². The number of pyridine rings is 1. The summed E-state index contributed by atoms with van der Waals surface area (Å²) in [6.45, 7) is -1.10. The second kappa shape index (κ2) is 4.38. The maximum Gasteiger partial charge on any atom is 0.405 e. The van der Waals surface area contributed by atoms with Crippen LogP contribution in [0.25, 0.3) is 0 Å². The molecule has 0 saturated carbocycles. The number of alkyl halides is 3. The van der Waals surface area contributed by atoms with Gasteiger partial charge in [0.2, 0.25) is 0 Å². The molecule has 1 rings (SSSR count). The predicted molar refractivity (Wildman–Crippen MR) is 54.6 cm³/mol. The van der Waals surface area contributed by atoms with Crippen LogP contribution in [0.1, 0.15) is 5.56 Å². The highest BCUT2D eigenvalue weighted by Crippen LogP contribution is 2.19. The third-order valence-corrected chi connectivity index (χ3v) is 1.86. The monoisotopic (exact) mass is 232 g/mol. The first-order chi connectivity index (χ1) is 7.29. The second-order valence-electron chi connectivity index (χ2n) is 3.29. The quantitative estimate of drug-likeness (QED) is 0.611. The second-order valence-corrected chi connectivity index (χ2v) is 3.29. The normalized spacial score (nSPS) is 11.2. The summed E-state index contributed by atoms with van der Waals surface area (Å²) < 4.78 is 36.3. The van der Waals surface area contributed by atoms with Crippen molar-refractivity contribution in [2.24, 2.45) is 5.73 Å². The Labute approximate surface area is 90.4 Å². The molecular weight excluding hydrogens is 221 g/mol. The van der Waals surface area contributed by atoms with Gasteiger partial charge in [0.25, 0.3) is 0 Å². The van der Waals surface area contributed by atoms with Crippen LogP contribution in [0, 0.1) is 5.41 Å². The molecule has 0 radical (unpaired) electrons. The summed E-state index contributed by atoms with van der Waals surface area (Å²) in [5, 5.41) is 7.16. The van der Waals surface area contributed by atoms with Crippen LogP contribution in [-0.4, -0.2) is 30.6 Å². The van der Waals surface area contributed by atoms with Crippen LogP contribution in [0.2, 0.25) is 0 Å². The molecule has 0 atom stereocenters. The maximum absolute atomic E-state index is 12.1. The Morgan fingerprint density at radius 1 is 1.56 bits per heavy atom. The number of nitrogens with two attached hydrogens (primary N) is 1. The van der Waals surface area contributed by atoms with Crippen LogP contribution < -0.4 is 10.6 Å². The van der Waals surface area contributed by atoms with Gasteiger partial charge in [-0.15, -0.1) is 0 Å². The van der Waals surface area contributed by atoms with E-state index >= 15 is 0 Å². The van der Waals surface area contributed by atoms with Crippen LogP contribution in [0.15, 0.2) is 18.3 Å². The van der Waals surface area contributed by atoms with E-state index in [2.05, 4.69) is 4.98 Å². The van der Waals surface area contributed by atoms with Gasteiger partial charge in [0.1, 0.15) is 18.2 Å². The molecule has 0 aromatic carbocycles. The first kappa shape index (κ1) is 12.3. The number of nitrogens with zero attached hydrogens (tertiary/aromatic N) is 2. The number of nitrogen functional groups attached to an aromatic ring is 1. The van der Waals surface area contributed by atoms with E-state index in [4.69, 9.17) is 11.1 Å². The molecule has 1 heterocycles. The molecule has 3 N–H and O–H groups in total. The molecule has 0 bridgehead atoms. The molecule has 7 heteroatoms. The van der Waals surface area contributed by atoms with Crippen molar-refractivity contribution >= 4 is 11.7 Å². The number of hydrogen-bond donors (Lipinski definition) is 2. The molecule has 4 nitrogen and oxygen atoms in total. The van der Waals surface area contributed by atoms with Crippen molar-refractivity contribution in [1.29, 1.82) is 5.41 Å². The lowest BCUT2D eigenvalue weighted by molar-refractivity contribution is -0.119. The van der Waals surface area contributed by atoms with Gasteiger partial charge in [-0.05, 0) is 12.1 Å². The van der Waals surface area contributed by atoms with Gasteiger partial charge in [-0.25, -0.2) is 4.98 Å². The molecule has 16 heavy (non-hydrogen) atoms. The molecular formula is C9H11F3N4. The fourth-order valence-electron chi connectivity index (χ4n) is 1.14. The number of nitrogens with one attached hydrogen (secondary N) is 1. The van der Waals surface area contributed by atoms with Crippen LogP contribution in [0.5, 0.6) is 0 Å². The molecule has 0 aliphatic heterocycles. The summed E-state index contributed by atoms with van der Waals surface area (Å²) in [4.78, 5) is 4.73. The SMILES string of the molecule is CN(CC(F)(F)F)c1cc(C(=N)N)ccn1. The lowest BCUT2D eigenvalue weighted by atomic mass is 10.2. The average molecular weight is 232 g/mol. The third-order valence-electron chi connectivity index (χ3n) is 1.86. The van der Waals surface area contributed by atoms with E-state index in [1.807, 2.05) is 0 Å². The Kier molecular flexibility index (Phi) is 3.36. The summed E-state index contributed by atoms with van der Waals surface area (Å²) in [6.07, 6.45) is -2.97. The fourth-order valence-corrected chi connectivity index (χ4v) is 1.14. The summed E-state index contributed by atoms with van der Waals surface area (Å²) in [5.74, 6) is -0.0749. The Balaban J connectivity index is 2.87. The zero-order valence-electron chi connectivity index (χ0n) is 8.54. The Morgan fingerprint density at radius 2 is 2.19 bits per heavy atom. The first-order valence-electron chi connectivity index (χ1n) is 4.38. The first-order valence-corrected chi connectivity index (χ1v) is 4.38. The lowest BCUT2D eigenvalue weighted by Gasteiger charge is -2.20. The van der Waals surface area contributed by atoms with E-state index in [0.29, 0.717) is 5.56 Å². The topological polar surface area (TPSA) is 66.0 Å². The lowest BCUT2D eigenvalue weighted by Crippen LogP contribution is -2.31. The number of rotatable bonds is 3. The van der Waals surface area contributed by atoms with Gasteiger partial charge in [-0.1, -0.05) is 0 Å². The van der Waals surface area contributed by atoms with E-state index in [-0.39, 0.29) is 11.7 Å². The molecule has 0 amide bonds. The molecule has 0 spiro atoms. The summed E-state index contributed by atoms with van der Waals surface area (Å²) in [5.41, 5.74) is 5.57. The van der Waals surface area contributed by atoms with Crippen LogP contribution in [-0.2, 0) is 0 Å². The highest BCUT2D eigenvalue weighted by Gasteiger charge is 2.29. The largest absolute Gasteiger partial charge is 0.405 e. The smallest absolute Gasteiger partial charge is 0.384 e. The molecule has 0 fully saturated rings. The minimum atomic E-state index is -4.29. The van der Waals surface area contributed by atoms with Crippen LogP contribution in [0.4, 0.5) is 19.0 Å². The number of aromatic nitrogens is 1. The molecule has 0 aliphatic carbocycles. The number of hydrogen-bond acceptors (Lipinski definition) is 3. The van der Waals surface area contributed by atoms with Gasteiger partial charge in [0.05, 0.1) is 0 Å². The summed E-state index contributed by atoms with van der Waals surface area (Å²) in [6, 6.07) is 2.81. The molecule has 1 aromatic heterocycles. The van der Waals surface area contributed by atoms with Crippen molar-refractivity contribution in [2.75, 3.05) is 18.5 Å². The minimum absolute atomic E-state index is 0.130. The molecule has 0 aliphatic rings. The predicted octanol–water partition coefficient (Wildman–Crippen LogP) is 1.36. The zero-order valence-corrected chi connectivity index (χ0v) is 8.54. The zero-order chi connectivity index (χ0) is 12.3. The van der Waals surface area contributed by atoms with E-state index < -0.39 is 12.7 Å². The van der Waals surface area contributed by atoms with Gasteiger partial charge < -0.3 is 10.6 Å².